The number of hydrogen-bond acceptors (Lipinski definition) is 4. The van der Waals surface area contributed by atoms with Crippen LogP contribution in [0.15, 0.2) is 9.95 Å². The van der Waals surface area contributed by atoms with E-state index in [-0.39, 0.29) is 4.87 Å². The summed E-state index contributed by atoms with van der Waals surface area (Å²) >= 11 is 5.26. The van der Waals surface area contributed by atoms with E-state index in [0.717, 1.165) is 11.5 Å². The highest BCUT2D eigenvalue weighted by atomic mass is 33.1. The number of hydrogen-bond donors (Lipinski definition) is 2. The van der Waals surface area contributed by atoms with E-state index in [9.17, 15) is 4.79 Å². The normalized spacial score (nSPS) is 13.5. The number of nitrogens with zero attached hydrogens (tertiary/aromatic N) is 1. The summed E-state index contributed by atoms with van der Waals surface area (Å²) in [6.07, 6.45) is 3.92. The van der Waals surface area contributed by atoms with Crippen molar-refractivity contribution in [2.75, 3.05) is 12.5 Å². The topological polar surface area (TPSA) is 45.8 Å². The van der Waals surface area contributed by atoms with E-state index in [4.69, 9.17) is 0 Å². The number of H-pyrrole nitrogens is 1. The fraction of sp³-hybridized carbons (Fsp3) is 0.500. The highest BCUT2D eigenvalue weighted by molar-refractivity contribution is 8.87. The highest BCUT2D eigenvalue weighted by Crippen LogP contribution is 2.50. The van der Waals surface area contributed by atoms with E-state index in [1.807, 2.05) is 12.5 Å². The van der Waals surface area contributed by atoms with Gasteiger partial charge in [-0.2, -0.15) is 4.37 Å². The average molecular weight is 196 g/mol. The second kappa shape index (κ2) is 2.60. The van der Waals surface area contributed by atoms with Crippen molar-refractivity contribution >= 4 is 32.3 Å². The third kappa shape index (κ3) is 1.77. The first kappa shape index (κ1) is 8.16. The van der Waals surface area contributed by atoms with Crippen LogP contribution in [0.25, 0.3) is 0 Å². The molecule has 58 valence electrons. The van der Waals surface area contributed by atoms with Crippen molar-refractivity contribution in [3.05, 3.63) is 9.67 Å². The Morgan fingerprint density at radius 3 is 2.50 bits per heavy atom. The minimum atomic E-state index is -1.14. The van der Waals surface area contributed by atoms with Gasteiger partial charge in [0.15, 0.2) is 5.16 Å². The Morgan fingerprint density at radius 1 is 1.70 bits per heavy atom. The Labute approximate surface area is 69.2 Å². The molecule has 1 aromatic heterocycles. The molecule has 0 aliphatic heterocycles. The van der Waals surface area contributed by atoms with Crippen molar-refractivity contribution in [3.63, 3.8) is 0 Å². The molecule has 1 rings (SSSR count). The zero-order chi connectivity index (χ0) is 7.78. The lowest BCUT2D eigenvalue weighted by atomic mass is 11.3. The van der Waals surface area contributed by atoms with E-state index in [0.29, 0.717) is 5.16 Å². The zero-order valence-corrected chi connectivity index (χ0v) is 8.15. The Kier molecular flexibility index (Phi) is 2.12. The van der Waals surface area contributed by atoms with Gasteiger partial charge in [0, 0.05) is 11.5 Å². The number of aromatic amines is 1. The Balaban J connectivity index is 3.07. The standard InChI is InChI=1S/C4H8N2OS3/c1-10(2,8)3-5-4(7)9-6-3/h8H,1-2H3,(H,5,6,7). The first-order valence-corrected chi connectivity index (χ1v) is 6.79. The van der Waals surface area contributed by atoms with Gasteiger partial charge in [-0.05, 0) is 12.5 Å². The van der Waals surface area contributed by atoms with Gasteiger partial charge in [-0.3, -0.25) is 9.78 Å². The largest absolute Gasteiger partial charge is 0.324 e. The summed E-state index contributed by atoms with van der Waals surface area (Å²) in [7, 11) is -1.14. The lowest BCUT2D eigenvalue weighted by molar-refractivity contribution is 1.05. The predicted octanol–water partition coefficient (Wildman–Crippen LogP) is 1.10. The predicted molar refractivity (Wildman–Crippen MR) is 49.4 cm³/mol. The molecule has 0 aromatic carbocycles. The van der Waals surface area contributed by atoms with Gasteiger partial charge < -0.3 is 0 Å². The van der Waals surface area contributed by atoms with Gasteiger partial charge in [0.25, 0.3) is 0 Å². The number of thiol groups is 1. The van der Waals surface area contributed by atoms with Crippen LogP contribution >= 0.6 is 32.3 Å². The van der Waals surface area contributed by atoms with Gasteiger partial charge >= 0.3 is 4.87 Å². The van der Waals surface area contributed by atoms with E-state index in [2.05, 4.69) is 21.0 Å². The first-order chi connectivity index (χ1) is 4.50. The average Bonchev–Trinajstić information content (AvgIpc) is 2.11. The van der Waals surface area contributed by atoms with Crippen molar-refractivity contribution in [3.8, 4) is 0 Å². The van der Waals surface area contributed by atoms with E-state index < -0.39 is 9.06 Å². The smallest absolute Gasteiger partial charge is 0.291 e. The maximum Gasteiger partial charge on any atom is 0.324 e. The number of nitrogens with one attached hydrogen (secondary N) is 1. The minimum Gasteiger partial charge on any atom is -0.291 e. The molecule has 0 fully saturated rings. The van der Waals surface area contributed by atoms with Gasteiger partial charge in [0.2, 0.25) is 0 Å². The molecule has 0 saturated heterocycles. The monoisotopic (exact) mass is 196 g/mol. The summed E-state index contributed by atoms with van der Waals surface area (Å²) < 4.78 is 3.92. The lowest BCUT2D eigenvalue weighted by Crippen LogP contribution is -1.96. The molecule has 0 saturated carbocycles. The summed E-state index contributed by atoms with van der Waals surface area (Å²) in [5.41, 5.74) is 0. The van der Waals surface area contributed by atoms with Crippen LogP contribution in [-0.2, 0) is 0 Å². The van der Waals surface area contributed by atoms with E-state index >= 15 is 0 Å². The Morgan fingerprint density at radius 2 is 2.30 bits per heavy atom. The fourth-order valence-corrected chi connectivity index (χ4v) is 2.47. The summed E-state index contributed by atoms with van der Waals surface area (Å²) in [5.74, 6) is 0. The van der Waals surface area contributed by atoms with Crippen molar-refractivity contribution < 1.29 is 0 Å². The quantitative estimate of drug-likeness (QED) is 0.522. The molecule has 0 amide bonds. The summed E-state index contributed by atoms with van der Waals surface area (Å²) in [6, 6.07) is 0. The van der Waals surface area contributed by atoms with Gasteiger partial charge in [-0.15, -0.1) is 20.7 Å². The molecule has 0 radical (unpaired) electrons. The molecule has 10 heavy (non-hydrogen) atoms. The third-order valence-corrected chi connectivity index (χ3v) is 3.21. The van der Waals surface area contributed by atoms with Crippen LogP contribution in [0, 0.1) is 0 Å². The molecule has 0 spiro atoms. The van der Waals surface area contributed by atoms with Crippen LogP contribution in [0.3, 0.4) is 0 Å². The fourth-order valence-electron chi connectivity index (χ4n) is 0.432. The Bertz CT molecular complexity index is 271. The Hall–Kier alpha value is 0.0600. The van der Waals surface area contributed by atoms with Gasteiger partial charge in [-0.25, -0.2) is 0 Å². The summed E-state index contributed by atoms with van der Waals surface area (Å²) in [6.45, 7) is 0. The van der Waals surface area contributed by atoms with Crippen LogP contribution in [0.5, 0.6) is 0 Å². The molecular formula is C4H8N2OS3. The SMILES string of the molecule is CS(C)(S)c1nsc(=O)[nH]1. The molecule has 0 unspecified atom stereocenters. The van der Waals surface area contributed by atoms with Crippen LogP contribution in [-0.4, -0.2) is 21.9 Å². The number of rotatable bonds is 1. The molecule has 1 heterocycles. The molecule has 3 nitrogen and oxygen atoms in total. The van der Waals surface area contributed by atoms with Crippen LogP contribution < -0.4 is 4.87 Å². The summed E-state index contributed by atoms with van der Waals surface area (Å²) in [5, 5.41) is 0.714. The molecule has 0 aliphatic carbocycles. The second-order valence-electron chi connectivity index (χ2n) is 2.17. The third-order valence-electron chi connectivity index (χ3n) is 0.894. The van der Waals surface area contributed by atoms with Crippen molar-refractivity contribution in [1.29, 1.82) is 0 Å². The number of aromatic nitrogens is 2. The molecule has 0 aliphatic rings. The highest BCUT2D eigenvalue weighted by Gasteiger charge is 2.12. The molecule has 0 bridgehead atoms. The van der Waals surface area contributed by atoms with E-state index in [1.54, 1.807) is 0 Å². The van der Waals surface area contributed by atoms with Crippen molar-refractivity contribution in [2.24, 2.45) is 0 Å². The maximum absolute atomic E-state index is 10.6. The van der Waals surface area contributed by atoms with E-state index in [1.165, 1.54) is 0 Å². The van der Waals surface area contributed by atoms with Crippen LogP contribution in [0.2, 0.25) is 0 Å². The second-order valence-corrected chi connectivity index (χ2v) is 8.58. The molecule has 6 heteroatoms. The molecular weight excluding hydrogens is 188 g/mol. The van der Waals surface area contributed by atoms with Gasteiger partial charge in [0.1, 0.15) is 0 Å². The molecule has 1 aromatic rings. The molecule has 0 atom stereocenters. The van der Waals surface area contributed by atoms with Crippen LogP contribution in [0.1, 0.15) is 0 Å². The van der Waals surface area contributed by atoms with Crippen molar-refractivity contribution in [2.45, 2.75) is 5.16 Å². The van der Waals surface area contributed by atoms with Crippen LogP contribution in [0.4, 0.5) is 0 Å². The minimum absolute atomic E-state index is 0.107. The lowest BCUT2D eigenvalue weighted by Gasteiger charge is -2.18. The van der Waals surface area contributed by atoms with Gasteiger partial charge in [0.05, 0.1) is 0 Å². The van der Waals surface area contributed by atoms with Gasteiger partial charge in [-0.1, -0.05) is 0 Å². The van der Waals surface area contributed by atoms with Crippen molar-refractivity contribution in [1.82, 2.24) is 9.36 Å². The summed E-state index contributed by atoms with van der Waals surface area (Å²) in [4.78, 5) is 13.1. The molecule has 1 N–H and O–H groups in total. The first-order valence-electron chi connectivity index (χ1n) is 2.52. The zero-order valence-electron chi connectivity index (χ0n) is 5.62. The maximum atomic E-state index is 10.6.